The number of aliphatic hydroxyl groups excluding tert-OH is 2. The molecule has 0 aliphatic heterocycles. The summed E-state index contributed by atoms with van der Waals surface area (Å²) in [5.74, 6) is 0. The van der Waals surface area contributed by atoms with E-state index in [4.69, 9.17) is 10.2 Å². The van der Waals surface area contributed by atoms with Crippen LogP contribution >= 0.6 is 0 Å². The highest BCUT2D eigenvalue weighted by Crippen LogP contribution is 1.88. The predicted octanol–water partition coefficient (Wildman–Crippen LogP) is -0.735. The third kappa shape index (κ3) is 4.01. The molecule has 0 amide bonds. The summed E-state index contributed by atoms with van der Waals surface area (Å²) in [6.45, 7) is 0.800. The average Bonchev–Trinajstić information content (AvgIpc) is 1.68. The van der Waals surface area contributed by atoms with E-state index in [1.54, 1.807) is 6.92 Å². The Balaban J connectivity index is 2.92. The number of rotatable bonds is 4. The Kier molecular flexibility index (Phi) is 4.89. The molecule has 4 heteroatoms. The molecular weight excluding hydrogens is 112 g/mol. The van der Waals surface area contributed by atoms with Gasteiger partial charge < -0.3 is 19.7 Å². The van der Waals surface area contributed by atoms with Crippen molar-refractivity contribution in [3.63, 3.8) is 0 Å². The van der Waals surface area contributed by atoms with Gasteiger partial charge in [-0.15, -0.1) is 0 Å². The molecule has 0 unspecified atom stereocenters. The van der Waals surface area contributed by atoms with Crippen molar-refractivity contribution in [2.45, 2.75) is 13.2 Å². The van der Waals surface area contributed by atoms with Crippen LogP contribution in [-0.4, -0.2) is 30.1 Å². The van der Waals surface area contributed by atoms with Crippen LogP contribution in [0.3, 0.4) is 0 Å². The monoisotopic (exact) mass is 122 g/mol. The summed E-state index contributed by atoms with van der Waals surface area (Å²) in [6, 6.07) is 0. The molecule has 0 bridgehead atoms. The van der Waals surface area contributed by atoms with Gasteiger partial charge in [0.15, 0.2) is 6.29 Å². The molecule has 0 saturated carbocycles. The van der Waals surface area contributed by atoms with Gasteiger partial charge in [0.1, 0.15) is 13.6 Å². The van der Waals surface area contributed by atoms with E-state index in [2.05, 4.69) is 9.47 Å². The fourth-order valence-electron chi connectivity index (χ4n) is 0.258. The van der Waals surface area contributed by atoms with Crippen LogP contribution in [0.25, 0.3) is 0 Å². The topological polar surface area (TPSA) is 58.9 Å². The maximum atomic E-state index is 8.08. The standard InChI is InChI=1S/C4H10O4/c1-4(7-2-5)8-3-6/h4-6H,2-3H2,1H3. The van der Waals surface area contributed by atoms with Gasteiger partial charge in [-0.2, -0.15) is 0 Å². The molecule has 50 valence electrons. The second-order valence-electron chi connectivity index (χ2n) is 1.16. The fraction of sp³-hybridized carbons (Fsp3) is 1.00. The van der Waals surface area contributed by atoms with Crippen LogP contribution in [0.4, 0.5) is 0 Å². The van der Waals surface area contributed by atoms with Crippen molar-refractivity contribution in [3.05, 3.63) is 0 Å². The first-order valence-corrected chi connectivity index (χ1v) is 2.26. The lowest BCUT2D eigenvalue weighted by atomic mass is 10.8. The first-order chi connectivity index (χ1) is 3.81. The highest BCUT2D eigenvalue weighted by atomic mass is 16.7. The normalized spacial score (nSPS) is 10.5. The van der Waals surface area contributed by atoms with E-state index in [9.17, 15) is 0 Å². The van der Waals surface area contributed by atoms with E-state index in [-0.39, 0.29) is 13.6 Å². The lowest BCUT2D eigenvalue weighted by Crippen LogP contribution is -2.13. The summed E-state index contributed by atoms with van der Waals surface area (Å²) in [6.07, 6.45) is -0.537. The van der Waals surface area contributed by atoms with Crippen molar-refractivity contribution >= 4 is 0 Å². The van der Waals surface area contributed by atoms with Crippen molar-refractivity contribution in [3.8, 4) is 0 Å². The fourth-order valence-corrected chi connectivity index (χ4v) is 0.258. The van der Waals surface area contributed by atoms with Crippen LogP contribution in [0.1, 0.15) is 6.92 Å². The Morgan fingerprint density at radius 3 is 1.88 bits per heavy atom. The molecule has 4 nitrogen and oxygen atoms in total. The number of aliphatic hydroxyl groups is 2. The van der Waals surface area contributed by atoms with Gasteiger partial charge in [0.25, 0.3) is 0 Å². The highest BCUT2D eigenvalue weighted by Gasteiger charge is 1.96. The van der Waals surface area contributed by atoms with Gasteiger partial charge >= 0.3 is 0 Å². The van der Waals surface area contributed by atoms with Crippen molar-refractivity contribution in [2.24, 2.45) is 0 Å². The number of hydrogen-bond acceptors (Lipinski definition) is 4. The molecule has 0 heterocycles. The second kappa shape index (κ2) is 4.99. The van der Waals surface area contributed by atoms with Crippen molar-refractivity contribution in [1.82, 2.24) is 0 Å². The highest BCUT2D eigenvalue weighted by molar-refractivity contribution is 4.21. The van der Waals surface area contributed by atoms with Crippen LogP contribution in [-0.2, 0) is 9.47 Å². The molecular formula is C4H10O4. The van der Waals surface area contributed by atoms with E-state index in [1.807, 2.05) is 0 Å². The predicted molar refractivity (Wildman–Crippen MR) is 25.8 cm³/mol. The van der Waals surface area contributed by atoms with Gasteiger partial charge in [-0.25, -0.2) is 0 Å². The van der Waals surface area contributed by atoms with Gasteiger partial charge in [0.2, 0.25) is 0 Å². The Bertz CT molecular complexity index is 41.3. The molecule has 0 aromatic heterocycles. The van der Waals surface area contributed by atoms with Crippen LogP contribution in [0.15, 0.2) is 0 Å². The molecule has 0 aliphatic carbocycles. The molecule has 8 heavy (non-hydrogen) atoms. The summed E-state index contributed by atoms with van der Waals surface area (Å²) < 4.78 is 8.91. The van der Waals surface area contributed by atoms with E-state index >= 15 is 0 Å². The third-order valence-corrected chi connectivity index (χ3v) is 0.618. The summed E-state index contributed by atoms with van der Waals surface area (Å²) in [4.78, 5) is 0. The first-order valence-electron chi connectivity index (χ1n) is 2.26. The minimum atomic E-state index is -0.537. The zero-order valence-electron chi connectivity index (χ0n) is 4.70. The van der Waals surface area contributed by atoms with Crippen molar-refractivity contribution in [1.29, 1.82) is 0 Å². The van der Waals surface area contributed by atoms with Crippen LogP contribution in [0.2, 0.25) is 0 Å². The molecule has 0 atom stereocenters. The molecule has 0 aromatic rings. The average molecular weight is 122 g/mol. The zero-order chi connectivity index (χ0) is 6.41. The molecule has 0 rings (SSSR count). The second-order valence-corrected chi connectivity index (χ2v) is 1.16. The Morgan fingerprint density at radius 1 is 1.25 bits per heavy atom. The van der Waals surface area contributed by atoms with E-state index in [1.165, 1.54) is 0 Å². The molecule has 2 N–H and O–H groups in total. The molecule has 0 spiro atoms. The Hall–Kier alpha value is -0.160. The van der Waals surface area contributed by atoms with Gasteiger partial charge in [0, 0.05) is 0 Å². The summed E-state index contributed by atoms with van der Waals surface area (Å²) in [7, 11) is 0. The van der Waals surface area contributed by atoms with Crippen LogP contribution < -0.4 is 0 Å². The van der Waals surface area contributed by atoms with Gasteiger partial charge in [-0.3, -0.25) is 0 Å². The smallest absolute Gasteiger partial charge is 0.160 e. The third-order valence-electron chi connectivity index (χ3n) is 0.618. The number of ether oxygens (including phenoxy) is 2. The van der Waals surface area contributed by atoms with E-state index in [0.717, 1.165) is 0 Å². The summed E-state index contributed by atoms with van der Waals surface area (Å²) in [5, 5.41) is 16.2. The van der Waals surface area contributed by atoms with E-state index in [0.29, 0.717) is 0 Å². The maximum absolute atomic E-state index is 8.08. The number of hydrogen-bond donors (Lipinski definition) is 2. The SMILES string of the molecule is CC(OCO)OCO. The molecule has 0 aromatic carbocycles. The van der Waals surface area contributed by atoms with Crippen molar-refractivity contribution in [2.75, 3.05) is 13.6 Å². The molecule has 0 radical (unpaired) electrons. The molecule has 0 saturated heterocycles. The van der Waals surface area contributed by atoms with Crippen LogP contribution in [0.5, 0.6) is 0 Å². The maximum Gasteiger partial charge on any atom is 0.160 e. The van der Waals surface area contributed by atoms with Gasteiger partial charge in [-0.1, -0.05) is 0 Å². The van der Waals surface area contributed by atoms with Crippen molar-refractivity contribution < 1.29 is 19.7 Å². The Morgan fingerprint density at radius 2 is 1.62 bits per heavy atom. The first kappa shape index (κ1) is 7.84. The van der Waals surface area contributed by atoms with Gasteiger partial charge in [-0.05, 0) is 6.92 Å². The van der Waals surface area contributed by atoms with E-state index < -0.39 is 6.29 Å². The quantitative estimate of drug-likeness (QED) is 0.482. The summed E-state index contributed by atoms with van der Waals surface area (Å²) >= 11 is 0. The molecule has 0 fully saturated rings. The Labute approximate surface area is 47.6 Å². The lowest BCUT2D eigenvalue weighted by Gasteiger charge is -2.08. The minimum absolute atomic E-state index is 0.388. The summed E-state index contributed by atoms with van der Waals surface area (Å²) in [5.41, 5.74) is 0. The minimum Gasteiger partial charge on any atom is -0.371 e. The zero-order valence-corrected chi connectivity index (χ0v) is 4.70. The van der Waals surface area contributed by atoms with Crippen LogP contribution in [0, 0.1) is 0 Å². The van der Waals surface area contributed by atoms with Gasteiger partial charge in [0.05, 0.1) is 0 Å². The molecule has 0 aliphatic rings. The largest absolute Gasteiger partial charge is 0.371 e. The lowest BCUT2D eigenvalue weighted by molar-refractivity contribution is -0.200.